The molecule has 1 aliphatic heterocycles. The molecule has 0 saturated heterocycles. The Bertz CT molecular complexity index is 749. The Morgan fingerprint density at radius 2 is 1.83 bits per heavy atom. The topological polar surface area (TPSA) is 58.7 Å². The van der Waals surface area contributed by atoms with Crippen LogP contribution in [-0.2, 0) is 4.79 Å². The number of nitrogens with two attached hydrogens (primary N) is 1. The molecule has 1 aliphatic rings. The summed E-state index contributed by atoms with van der Waals surface area (Å²) >= 11 is 0. The van der Waals surface area contributed by atoms with Gasteiger partial charge in [0.2, 0.25) is 0 Å². The predicted octanol–water partition coefficient (Wildman–Crippen LogP) is 2.87. The van der Waals surface area contributed by atoms with Crippen LogP contribution in [0.15, 0.2) is 53.5 Å². The molecule has 0 bridgehead atoms. The second kappa shape index (κ2) is 6.34. The zero-order valence-electron chi connectivity index (χ0n) is 13.5. The van der Waals surface area contributed by atoms with Crippen LogP contribution in [0.4, 0.5) is 5.69 Å². The number of benzene rings is 2. The number of carbonyl (C=O) groups excluding carboxylic acids is 1. The second-order valence-corrected chi connectivity index (χ2v) is 5.80. The number of benzodiazepines with no additional fused rings is 1. The number of hydrogen-bond donors (Lipinski definition) is 1. The number of amides is 1. The molecule has 1 amide bonds. The summed E-state index contributed by atoms with van der Waals surface area (Å²) in [5.74, 6) is -0.151. The molecule has 23 heavy (non-hydrogen) atoms. The van der Waals surface area contributed by atoms with Gasteiger partial charge in [-0.05, 0) is 19.4 Å². The summed E-state index contributed by atoms with van der Waals surface area (Å²) in [6.07, 6.45) is -0.00242. The van der Waals surface area contributed by atoms with E-state index in [9.17, 15) is 4.79 Å². The third kappa shape index (κ3) is 2.90. The van der Waals surface area contributed by atoms with E-state index in [1.807, 2.05) is 62.4 Å². The number of anilines is 1. The van der Waals surface area contributed by atoms with Crippen molar-refractivity contribution in [1.29, 1.82) is 0 Å². The number of para-hydroxylation sites is 1. The Kier molecular flexibility index (Phi) is 4.26. The highest BCUT2D eigenvalue weighted by atomic mass is 16.2. The molecule has 0 radical (unpaired) electrons. The van der Waals surface area contributed by atoms with Crippen molar-refractivity contribution in [2.45, 2.75) is 26.4 Å². The van der Waals surface area contributed by atoms with Crippen LogP contribution in [0.5, 0.6) is 0 Å². The maximum atomic E-state index is 12.6. The SMILES string of the molecule is CCCN1C(=O)C(N)N=C(c2ccc(C)cc2)c2ccccc21. The lowest BCUT2D eigenvalue weighted by atomic mass is 9.99. The summed E-state index contributed by atoms with van der Waals surface area (Å²) in [7, 11) is 0. The van der Waals surface area contributed by atoms with Crippen molar-refractivity contribution >= 4 is 17.3 Å². The average molecular weight is 307 g/mol. The Balaban J connectivity index is 2.18. The number of hydrogen-bond acceptors (Lipinski definition) is 3. The van der Waals surface area contributed by atoms with Crippen molar-refractivity contribution in [3.05, 3.63) is 65.2 Å². The minimum atomic E-state index is -0.870. The summed E-state index contributed by atoms with van der Waals surface area (Å²) in [4.78, 5) is 18.9. The number of carbonyl (C=O) groups is 1. The summed E-state index contributed by atoms with van der Waals surface area (Å²) in [6, 6.07) is 16.0. The molecule has 4 heteroatoms. The van der Waals surface area contributed by atoms with Crippen LogP contribution in [0.3, 0.4) is 0 Å². The number of nitrogens with zero attached hydrogens (tertiary/aromatic N) is 2. The fourth-order valence-corrected chi connectivity index (χ4v) is 2.85. The quantitative estimate of drug-likeness (QED) is 0.948. The van der Waals surface area contributed by atoms with Gasteiger partial charge in [0.25, 0.3) is 5.91 Å². The van der Waals surface area contributed by atoms with Crippen LogP contribution in [-0.4, -0.2) is 24.3 Å². The molecule has 1 unspecified atom stereocenters. The molecule has 0 aliphatic carbocycles. The van der Waals surface area contributed by atoms with Crippen LogP contribution in [0.2, 0.25) is 0 Å². The Morgan fingerprint density at radius 1 is 1.13 bits per heavy atom. The molecular formula is C19H21N3O. The highest BCUT2D eigenvalue weighted by Gasteiger charge is 2.29. The van der Waals surface area contributed by atoms with Gasteiger partial charge in [-0.1, -0.05) is 55.0 Å². The van der Waals surface area contributed by atoms with Gasteiger partial charge in [0.05, 0.1) is 11.4 Å². The van der Waals surface area contributed by atoms with E-state index < -0.39 is 6.17 Å². The number of aryl methyl sites for hydroxylation is 1. The van der Waals surface area contributed by atoms with Crippen molar-refractivity contribution in [2.24, 2.45) is 10.7 Å². The van der Waals surface area contributed by atoms with Gasteiger partial charge in [0, 0.05) is 17.7 Å². The number of rotatable bonds is 3. The van der Waals surface area contributed by atoms with Crippen LogP contribution in [0.25, 0.3) is 0 Å². The van der Waals surface area contributed by atoms with E-state index in [0.29, 0.717) is 6.54 Å². The summed E-state index contributed by atoms with van der Waals surface area (Å²) < 4.78 is 0. The van der Waals surface area contributed by atoms with E-state index in [1.54, 1.807) is 4.90 Å². The summed E-state index contributed by atoms with van der Waals surface area (Å²) in [5.41, 5.74) is 10.8. The van der Waals surface area contributed by atoms with Gasteiger partial charge in [-0.3, -0.25) is 9.79 Å². The molecule has 1 atom stereocenters. The van der Waals surface area contributed by atoms with Crippen LogP contribution < -0.4 is 10.6 Å². The molecule has 4 nitrogen and oxygen atoms in total. The second-order valence-electron chi connectivity index (χ2n) is 5.80. The largest absolute Gasteiger partial charge is 0.309 e. The summed E-state index contributed by atoms with van der Waals surface area (Å²) in [5, 5.41) is 0. The molecule has 0 aromatic heterocycles. The maximum Gasteiger partial charge on any atom is 0.266 e. The van der Waals surface area contributed by atoms with Gasteiger partial charge in [0.15, 0.2) is 6.17 Å². The average Bonchev–Trinajstić information content (AvgIpc) is 2.67. The lowest BCUT2D eigenvalue weighted by Crippen LogP contribution is -2.42. The van der Waals surface area contributed by atoms with Crippen molar-refractivity contribution in [1.82, 2.24) is 0 Å². The number of aliphatic imine (C=N–C) groups is 1. The molecule has 0 fully saturated rings. The van der Waals surface area contributed by atoms with Gasteiger partial charge >= 0.3 is 0 Å². The molecule has 2 aromatic carbocycles. The van der Waals surface area contributed by atoms with Crippen molar-refractivity contribution < 1.29 is 4.79 Å². The van der Waals surface area contributed by atoms with Gasteiger partial charge < -0.3 is 10.6 Å². The van der Waals surface area contributed by atoms with Crippen molar-refractivity contribution in [2.75, 3.05) is 11.4 Å². The van der Waals surface area contributed by atoms with E-state index in [4.69, 9.17) is 5.73 Å². The molecule has 3 rings (SSSR count). The monoisotopic (exact) mass is 307 g/mol. The molecule has 0 spiro atoms. The lowest BCUT2D eigenvalue weighted by Gasteiger charge is -2.23. The van der Waals surface area contributed by atoms with Gasteiger partial charge in [-0.25, -0.2) is 0 Å². The zero-order chi connectivity index (χ0) is 16.4. The van der Waals surface area contributed by atoms with Gasteiger partial charge in [0.1, 0.15) is 0 Å². The minimum Gasteiger partial charge on any atom is -0.309 e. The first-order valence-corrected chi connectivity index (χ1v) is 7.93. The standard InChI is InChI=1S/C19H21N3O/c1-3-12-22-16-7-5-4-6-15(16)17(21-18(20)19(22)23)14-10-8-13(2)9-11-14/h4-11,18H,3,12,20H2,1-2H3. The smallest absolute Gasteiger partial charge is 0.266 e. The first kappa shape index (κ1) is 15.4. The van der Waals surface area contributed by atoms with E-state index in [1.165, 1.54) is 5.56 Å². The van der Waals surface area contributed by atoms with Crippen molar-refractivity contribution in [3.63, 3.8) is 0 Å². The minimum absolute atomic E-state index is 0.151. The third-order valence-electron chi connectivity index (χ3n) is 4.01. The number of fused-ring (bicyclic) bond motifs is 1. The Morgan fingerprint density at radius 3 is 2.52 bits per heavy atom. The zero-order valence-corrected chi connectivity index (χ0v) is 13.5. The van der Waals surface area contributed by atoms with Gasteiger partial charge in [-0.2, -0.15) is 0 Å². The van der Waals surface area contributed by atoms with Crippen LogP contribution >= 0.6 is 0 Å². The van der Waals surface area contributed by atoms with Crippen LogP contribution in [0.1, 0.15) is 30.0 Å². The third-order valence-corrected chi connectivity index (χ3v) is 4.01. The Hall–Kier alpha value is -2.46. The van der Waals surface area contributed by atoms with E-state index in [2.05, 4.69) is 4.99 Å². The normalized spacial score (nSPS) is 17.5. The lowest BCUT2D eigenvalue weighted by molar-refractivity contribution is -0.119. The highest BCUT2D eigenvalue weighted by Crippen LogP contribution is 2.28. The molecule has 2 aromatic rings. The first-order valence-electron chi connectivity index (χ1n) is 7.93. The predicted molar refractivity (Wildman–Crippen MR) is 93.9 cm³/mol. The molecule has 0 saturated carbocycles. The van der Waals surface area contributed by atoms with E-state index in [-0.39, 0.29) is 5.91 Å². The first-order chi connectivity index (χ1) is 11.1. The molecule has 1 heterocycles. The molecule has 2 N–H and O–H groups in total. The van der Waals surface area contributed by atoms with Gasteiger partial charge in [-0.15, -0.1) is 0 Å². The van der Waals surface area contributed by atoms with Crippen molar-refractivity contribution in [3.8, 4) is 0 Å². The fourth-order valence-electron chi connectivity index (χ4n) is 2.85. The Labute approximate surface area is 136 Å². The highest BCUT2D eigenvalue weighted by molar-refractivity contribution is 6.20. The van der Waals surface area contributed by atoms with Crippen LogP contribution in [0, 0.1) is 6.92 Å². The molecule has 118 valence electrons. The maximum absolute atomic E-state index is 12.6. The fraction of sp³-hybridized carbons (Fsp3) is 0.263. The van der Waals surface area contributed by atoms with E-state index >= 15 is 0 Å². The van der Waals surface area contributed by atoms with E-state index in [0.717, 1.165) is 28.9 Å². The molecular weight excluding hydrogens is 286 g/mol. The summed E-state index contributed by atoms with van der Waals surface area (Å²) in [6.45, 7) is 4.74.